The second-order valence-corrected chi connectivity index (χ2v) is 16.8. The van der Waals surface area contributed by atoms with E-state index >= 15 is 0 Å². The molecule has 2 heterocycles. The molecule has 4 atom stereocenters. The van der Waals surface area contributed by atoms with E-state index in [0.717, 1.165) is 59.4 Å². The van der Waals surface area contributed by atoms with Crippen LogP contribution >= 0.6 is 11.3 Å². The fourth-order valence-corrected chi connectivity index (χ4v) is 7.81. The molecule has 0 radical (unpaired) electrons. The molecule has 1 aliphatic carbocycles. The van der Waals surface area contributed by atoms with E-state index in [9.17, 15) is 24.3 Å². The van der Waals surface area contributed by atoms with Crippen molar-refractivity contribution in [2.45, 2.75) is 122 Å². The number of aromatic nitrogens is 1. The van der Waals surface area contributed by atoms with Gasteiger partial charge in [-0.3, -0.25) is 19.2 Å². The Kier molecular flexibility index (Phi) is 13.5. The quantitative estimate of drug-likeness (QED) is 0.117. The van der Waals surface area contributed by atoms with Crippen LogP contribution in [-0.2, 0) is 31.1 Å². The second kappa shape index (κ2) is 17.9. The van der Waals surface area contributed by atoms with E-state index in [-0.39, 0.29) is 55.5 Å². The highest BCUT2D eigenvalue weighted by atomic mass is 32.1. The van der Waals surface area contributed by atoms with Crippen molar-refractivity contribution in [1.29, 1.82) is 0 Å². The normalized spacial score (nSPS) is 18.8. The summed E-state index contributed by atoms with van der Waals surface area (Å²) >= 11 is 1.60. The van der Waals surface area contributed by atoms with Gasteiger partial charge in [-0.15, -0.1) is 11.3 Å². The third-order valence-corrected chi connectivity index (χ3v) is 11.3. The molecule has 2 aromatic carbocycles. The number of likely N-dealkylation sites (tertiary alicyclic amines) is 1. The molecule has 13 heteroatoms. The number of rotatable bonds is 18. The minimum Gasteiger partial charge on any atom is -0.492 e. The van der Waals surface area contributed by atoms with Crippen LogP contribution in [0, 0.1) is 12.3 Å². The number of carbonyl (C=O) groups is 4. The minimum absolute atomic E-state index is 0.0314. The van der Waals surface area contributed by atoms with Crippen molar-refractivity contribution in [1.82, 2.24) is 20.5 Å². The fraction of sp³-hybridized carbons (Fsp3) is 0.537. The number of nitrogens with zero attached hydrogens (tertiary/aromatic N) is 2. The first-order valence-corrected chi connectivity index (χ1v) is 19.9. The van der Waals surface area contributed by atoms with Gasteiger partial charge in [-0.05, 0) is 79.7 Å². The monoisotopic (exact) mass is 760 g/mol. The summed E-state index contributed by atoms with van der Waals surface area (Å²) < 4.78 is 5.81. The lowest BCUT2D eigenvalue weighted by molar-refractivity contribution is -0.144. The van der Waals surface area contributed by atoms with Gasteiger partial charge in [0.25, 0.3) is 0 Å². The maximum atomic E-state index is 14.1. The number of nitrogens with two attached hydrogens (primary N) is 2. The molecule has 2 fully saturated rings. The number of hydrogen-bond acceptors (Lipinski definition) is 9. The van der Waals surface area contributed by atoms with Crippen LogP contribution in [0.5, 0.6) is 5.75 Å². The average Bonchev–Trinajstić information content (AvgIpc) is 3.60. The number of aliphatic hydroxyl groups excluding tert-OH is 1. The van der Waals surface area contributed by atoms with E-state index < -0.39 is 29.1 Å². The molecule has 1 saturated carbocycles. The van der Waals surface area contributed by atoms with Crippen LogP contribution in [0.1, 0.15) is 95.4 Å². The number of carbonyl (C=O) groups excluding carboxylic acids is 4. The smallest absolute Gasteiger partial charge is 0.246 e. The molecule has 5 rings (SSSR count). The SMILES string of the molecule is Cc1ncsc1-c1ccc(C2(NC(=O)[C@@H]3C[C@@H](O)CN3C(=O)[C@@H](NC(=O)CCCCCc3cccc(OC[C@@H](N)CCC(N)=O)c3)C(C)(C)C)CC2)cc1. The number of hydrogen-bond donors (Lipinski definition) is 5. The number of unbranched alkanes of at least 4 members (excludes halogenated alkanes) is 2. The molecule has 3 aromatic rings. The van der Waals surface area contributed by atoms with Crippen LogP contribution < -0.4 is 26.8 Å². The predicted octanol–water partition coefficient (Wildman–Crippen LogP) is 4.49. The maximum absolute atomic E-state index is 14.1. The molecule has 292 valence electrons. The highest BCUT2D eigenvalue weighted by Crippen LogP contribution is 2.46. The molecule has 0 spiro atoms. The minimum atomic E-state index is -0.866. The zero-order valence-electron chi connectivity index (χ0n) is 31.9. The summed E-state index contributed by atoms with van der Waals surface area (Å²) in [5.41, 5.74) is 16.1. The lowest BCUT2D eigenvalue weighted by Gasteiger charge is -2.35. The summed E-state index contributed by atoms with van der Waals surface area (Å²) in [5, 5.41) is 16.9. The number of amides is 4. The first-order valence-electron chi connectivity index (χ1n) is 19.0. The Balaban J connectivity index is 1.10. The summed E-state index contributed by atoms with van der Waals surface area (Å²) in [5.74, 6) is -0.545. The van der Waals surface area contributed by atoms with Gasteiger partial charge in [0.1, 0.15) is 24.4 Å². The molecular formula is C41H56N6O6S. The maximum Gasteiger partial charge on any atom is 0.246 e. The van der Waals surface area contributed by atoms with Gasteiger partial charge >= 0.3 is 0 Å². The van der Waals surface area contributed by atoms with Gasteiger partial charge in [0.05, 0.1) is 27.7 Å². The van der Waals surface area contributed by atoms with Gasteiger partial charge in [-0.2, -0.15) is 0 Å². The van der Waals surface area contributed by atoms with Crippen LogP contribution in [0.25, 0.3) is 10.4 Å². The highest BCUT2D eigenvalue weighted by molar-refractivity contribution is 7.13. The molecule has 4 amide bonds. The number of ether oxygens (including phenoxy) is 1. The first kappa shape index (κ1) is 40.8. The van der Waals surface area contributed by atoms with Crippen LogP contribution in [0.2, 0.25) is 0 Å². The van der Waals surface area contributed by atoms with Crippen molar-refractivity contribution in [3.63, 3.8) is 0 Å². The molecule has 1 aliphatic heterocycles. The van der Waals surface area contributed by atoms with Crippen molar-refractivity contribution in [2.24, 2.45) is 16.9 Å². The van der Waals surface area contributed by atoms with E-state index in [1.165, 1.54) is 4.90 Å². The zero-order chi connectivity index (χ0) is 39.0. The molecule has 12 nitrogen and oxygen atoms in total. The molecule has 7 N–H and O–H groups in total. The lowest BCUT2D eigenvalue weighted by Crippen LogP contribution is -2.58. The molecule has 54 heavy (non-hydrogen) atoms. The molecule has 0 bridgehead atoms. The standard InChI is InChI=1S/C41H56N6O6S/c1-26-36(54-25-44-26)28-13-15-29(16-14-28)41(19-20-41)46-38(51)33-22-31(48)23-47(33)39(52)37(40(2,3)4)45-35(50)12-7-5-6-9-27-10-8-11-32(21-27)53-24-30(42)17-18-34(43)49/h8,10-11,13-16,21,25,30-31,33,37,48H,5-7,9,12,17-20,22-24,42H2,1-4H3,(H2,43,49)(H,45,50)(H,46,51)/t30-,31+,33-,37+/m0/s1. The van der Waals surface area contributed by atoms with Crippen molar-refractivity contribution >= 4 is 35.0 Å². The summed E-state index contributed by atoms with van der Waals surface area (Å²) in [6.07, 6.45) is 5.01. The number of β-amino-alcohol motifs (C(OH)–C–C–N with tert-alkyl or cyclic N) is 1. The predicted molar refractivity (Wildman–Crippen MR) is 209 cm³/mol. The first-order chi connectivity index (χ1) is 25.6. The number of aliphatic hydroxyl groups is 1. The zero-order valence-corrected chi connectivity index (χ0v) is 32.8. The van der Waals surface area contributed by atoms with Gasteiger partial charge < -0.3 is 36.8 Å². The van der Waals surface area contributed by atoms with Crippen molar-refractivity contribution in [3.8, 4) is 16.2 Å². The third-order valence-electron chi connectivity index (χ3n) is 10.3. The topological polar surface area (TPSA) is 190 Å². The molecule has 2 aliphatic rings. The van der Waals surface area contributed by atoms with Crippen LogP contribution in [0.4, 0.5) is 0 Å². The van der Waals surface area contributed by atoms with Crippen LogP contribution in [-0.4, -0.2) is 76.0 Å². The number of aryl methyl sites for hydroxylation is 2. The van der Waals surface area contributed by atoms with Crippen LogP contribution in [0.15, 0.2) is 54.0 Å². The Morgan fingerprint density at radius 2 is 1.81 bits per heavy atom. The van der Waals surface area contributed by atoms with Gasteiger partial charge in [0.15, 0.2) is 0 Å². The van der Waals surface area contributed by atoms with Gasteiger partial charge in [0.2, 0.25) is 23.6 Å². The van der Waals surface area contributed by atoms with E-state index in [1.54, 1.807) is 11.3 Å². The van der Waals surface area contributed by atoms with E-state index in [2.05, 4.69) is 27.8 Å². The molecule has 1 saturated heterocycles. The Morgan fingerprint density at radius 1 is 1.07 bits per heavy atom. The molecular weight excluding hydrogens is 705 g/mol. The third kappa shape index (κ3) is 10.9. The average molecular weight is 761 g/mol. The Bertz CT molecular complexity index is 1770. The largest absolute Gasteiger partial charge is 0.492 e. The summed E-state index contributed by atoms with van der Waals surface area (Å²) in [6, 6.07) is 14.0. The van der Waals surface area contributed by atoms with E-state index in [4.69, 9.17) is 16.2 Å². The summed E-state index contributed by atoms with van der Waals surface area (Å²) in [7, 11) is 0. The summed E-state index contributed by atoms with van der Waals surface area (Å²) in [6.45, 7) is 7.98. The van der Waals surface area contributed by atoms with Crippen molar-refractivity contribution in [2.75, 3.05) is 13.2 Å². The van der Waals surface area contributed by atoms with Crippen LogP contribution in [0.3, 0.4) is 0 Å². The summed E-state index contributed by atoms with van der Waals surface area (Å²) in [4.78, 5) is 59.0. The van der Waals surface area contributed by atoms with Gasteiger partial charge in [0, 0.05) is 31.8 Å². The van der Waals surface area contributed by atoms with Gasteiger partial charge in [-0.1, -0.05) is 63.6 Å². The van der Waals surface area contributed by atoms with Gasteiger partial charge in [-0.25, -0.2) is 4.98 Å². The lowest BCUT2D eigenvalue weighted by atomic mass is 9.85. The Morgan fingerprint density at radius 3 is 2.46 bits per heavy atom. The highest BCUT2D eigenvalue weighted by Gasteiger charge is 2.50. The van der Waals surface area contributed by atoms with E-state index in [1.807, 2.05) is 69.6 Å². The number of primary amides is 1. The molecule has 0 unspecified atom stereocenters. The second-order valence-electron chi connectivity index (χ2n) is 16.0. The fourth-order valence-electron chi connectivity index (χ4n) is 7.00. The number of thiazole rings is 1. The Hall–Kier alpha value is -4.33. The van der Waals surface area contributed by atoms with Crippen molar-refractivity contribution < 1.29 is 29.0 Å². The van der Waals surface area contributed by atoms with E-state index in [0.29, 0.717) is 25.2 Å². The van der Waals surface area contributed by atoms with Crippen molar-refractivity contribution in [3.05, 3.63) is 70.9 Å². The number of nitrogens with one attached hydrogen (secondary N) is 2. The Labute approximate surface area is 322 Å². The number of benzene rings is 2. The molecule has 1 aromatic heterocycles.